The van der Waals surface area contributed by atoms with Crippen molar-refractivity contribution in [3.8, 4) is 0 Å². The summed E-state index contributed by atoms with van der Waals surface area (Å²) < 4.78 is 41.7. The highest BCUT2D eigenvalue weighted by Crippen LogP contribution is 2.18. The van der Waals surface area contributed by atoms with Crippen LogP contribution in [-0.4, -0.2) is 61.5 Å². The van der Waals surface area contributed by atoms with Crippen LogP contribution in [0.15, 0.2) is 4.99 Å². The fraction of sp³-hybridized carbons (Fsp3) is 0.867. The molecule has 0 aromatic rings. The van der Waals surface area contributed by atoms with Crippen LogP contribution in [0.2, 0.25) is 0 Å². The zero-order valence-corrected chi connectivity index (χ0v) is 17.8. The molecular formula is C15H30F3IN4O2. The van der Waals surface area contributed by atoms with Crippen molar-refractivity contribution in [2.24, 2.45) is 4.99 Å². The quantitative estimate of drug-likeness (QED) is 0.332. The van der Waals surface area contributed by atoms with Gasteiger partial charge in [-0.15, -0.1) is 24.0 Å². The van der Waals surface area contributed by atoms with Gasteiger partial charge in [-0.2, -0.15) is 13.2 Å². The lowest BCUT2D eigenvalue weighted by molar-refractivity contribution is -0.132. The molecule has 0 aliphatic carbocycles. The molecule has 0 fully saturated rings. The summed E-state index contributed by atoms with van der Waals surface area (Å²) in [6.45, 7) is 10.4. The zero-order valence-electron chi connectivity index (χ0n) is 15.5. The molecule has 2 N–H and O–H groups in total. The molecule has 0 saturated carbocycles. The van der Waals surface area contributed by atoms with E-state index in [2.05, 4.69) is 15.6 Å². The number of likely N-dealkylation sites (N-methyl/N-ethyl adjacent to an activating group) is 1. The second-order valence-electron chi connectivity index (χ2n) is 6.11. The van der Waals surface area contributed by atoms with Crippen LogP contribution in [0.3, 0.4) is 0 Å². The van der Waals surface area contributed by atoms with Crippen LogP contribution in [0.25, 0.3) is 0 Å². The number of rotatable bonds is 7. The van der Waals surface area contributed by atoms with Gasteiger partial charge in [0.05, 0.1) is 13.0 Å². The molecule has 0 heterocycles. The Bertz CT molecular complexity index is 413. The molecule has 0 aromatic heterocycles. The van der Waals surface area contributed by atoms with Crippen molar-refractivity contribution in [2.75, 3.05) is 32.7 Å². The summed E-state index contributed by atoms with van der Waals surface area (Å²) in [4.78, 5) is 17.4. The Hall–Kier alpha value is -0.940. The van der Waals surface area contributed by atoms with Gasteiger partial charge in [0.2, 0.25) is 0 Å². The fourth-order valence-electron chi connectivity index (χ4n) is 1.65. The Morgan fingerprint density at radius 3 is 2.20 bits per heavy atom. The van der Waals surface area contributed by atoms with Crippen molar-refractivity contribution >= 4 is 36.0 Å². The van der Waals surface area contributed by atoms with E-state index in [1.807, 2.05) is 13.8 Å². The van der Waals surface area contributed by atoms with Gasteiger partial charge in [-0.05, 0) is 34.6 Å². The second-order valence-corrected chi connectivity index (χ2v) is 6.11. The highest BCUT2D eigenvalue weighted by molar-refractivity contribution is 14.0. The lowest BCUT2D eigenvalue weighted by atomic mass is 10.2. The maximum Gasteiger partial charge on any atom is 0.410 e. The zero-order chi connectivity index (χ0) is 18.8. The SMILES string of the molecule is CCNC(=NCCC(F)(F)F)NCCN(CC)C(=O)OC(C)(C)C.I. The highest BCUT2D eigenvalue weighted by Gasteiger charge is 2.26. The Morgan fingerprint density at radius 1 is 1.16 bits per heavy atom. The van der Waals surface area contributed by atoms with E-state index in [4.69, 9.17) is 4.74 Å². The molecule has 0 saturated heterocycles. The van der Waals surface area contributed by atoms with E-state index in [-0.39, 0.29) is 30.5 Å². The molecule has 0 aliphatic rings. The van der Waals surface area contributed by atoms with E-state index in [0.29, 0.717) is 32.1 Å². The molecule has 150 valence electrons. The van der Waals surface area contributed by atoms with Crippen LogP contribution >= 0.6 is 24.0 Å². The van der Waals surface area contributed by atoms with Gasteiger partial charge in [-0.25, -0.2) is 4.79 Å². The number of halogens is 4. The number of carbonyl (C=O) groups excluding carboxylic acids is 1. The molecule has 0 unspecified atom stereocenters. The number of alkyl halides is 3. The Morgan fingerprint density at radius 2 is 1.76 bits per heavy atom. The molecule has 0 radical (unpaired) electrons. The smallest absolute Gasteiger partial charge is 0.410 e. The Labute approximate surface area is 165 Å². The summed E-state index contributed by atoms with van der Waals surface area (Å²) in [5.41, 5.74) is -0.577. The van der Waals surface area contributed by atoms with E-state index in [1.54, 1.807) is 20.8 Å². The standard InChI is InChI=1S/C15H29F3N4O2.HI/c1-6-19-12(20-9-8-15(16,17)18)21-10-11-22(7-2)13(23)24-14(3,4)5;/h6-11H2,1-5H3,(H2,19,20,21);1H. The number of nitrogens with zero attached hydrogens (tertiary/aromatic N) is 2. The Balaban J connectivity index is 0. The molecule has 0 spiro atoms. The minimum absolute atomic E-state index is 0. The van der Waals surface area contributed by atoms with Gasteiger partial charge in [-0.3, -0.25) is 4.99 Å². The molecule has 0 bridgehead atoms. The molecule has 0 aromatic carbocycles. The third kappa shape index (κ3) is 15.1. The van der Waals surface area contributed by atoms with E-state index in [1.165, 1.54) is 4.90 Å². The molecule has 25 heavy (non-hydrogen) atoms. The number of carbonyl (C=O) groups is 1. The van der Waals surface area contributed by atoms with Gasteiger partial charge in [0, 0.05) is 26.2 Å². The largest absolute Gasteiger partial charge is 0.444 e. The van der Waals surface area contributed by atoms with Gasteiger partial charge in [0.1, 0.15) is 5.60 Å². The molecule has 10 heteroatoms. The van der Waals surface area contributed by atoms with Crippen LogP contribution in [0.5, 0.6) is 0 Å². The lowest BCUT2D eigenvalue weighted by Gasteiger charge is -2.26. The van der Waals surface area contributed by atoms with Crippen molar-refractivity contribution in [1.29, 1.82) is 0 Å². The average molecular weight is 482 g/mol. The van der Waals surface area contributed by atoms with Crippen LogP contribution in [0.1, 0.15) is 41.0 Å². The van der Waals surface area contributed by atoms with Gasteiger partial charge in [0.25, 0.3) is 0 Å². The first-order valence-corrected chi connectivity index (χ1v) is 8.05. The minimum Gasteiger partial charge on any atom is -0.444 e. The maximum absolute atomic E-state index is 12.2. The molecule has 6 nitrogen and oxygen atoms in total. The number of amides is 1. The first-order chi connectivity index (χ1) is 11.0. The third-order valence-corrected chi connectivity index (χ3v) is 2.72. The molecule has 0 rings (SSSR count). The van der Waals surface area contributed by atoms with Crippen molar-refractivity contribution < 1.29 is 22.7 Å². The predicted octanol–water partition coefficient (Wildman–Crippen LogP) is 3.37. The third-order valence-electron chi connectivity index (χ3n) is 2.72. The van der Waals surface area contributed by atoms with Crippen LogP contribution in [0, 0.1) is 0 Å². The normalized spacial score (nSPS) is 12.2. The summed E-state index contributed by atoms with van der Waals surface area (Å²) in [6, 6.07) is 0. The van der Waals surface area contributed by atoms with E-state index >= 15 is 0 Å². The summed E-state index contributed by atoms with van der Waals surface area (Å²) >= 11 is 0. The summed E-state index contributed by atoms with van der Waals surface area (Å²) in [7, 11) is 0. The van der Waals surface area contributed by atoms with Crippen molar-refractivity contribution in [1.82, 2.24) is 15.5 Å². The number of guanidine groups is 1. The molecule has 1 amide bonds. The summed E-state index contributed by atoms with van der Waals surface area (Å²) in [5.74, 6) is 0.294. The van der Waals surface area contributed by atoms with Crippen molar-refractivity contribution in [3.05, 3.63) is 0 Å². The fourth-order valence-corrected chi connectivity index (χ4v) is 1.65. The second kappa shape index (κ2) is 12.4. The van der Waals surface area contributed by atoms with Crippen LogP contribution < -0.4 is 10.6 Å². The van der Waals surface area contributed by atoms with E-state index < -0.39 is 24.3 Å². The van der Waals surface area contributed by atoms with E-state index in [0.717, 1.165) is 0 Å². The average Bonchev–Trinajstić information content (AvgIpc) is 2.40. The van der Waals surface area contributed by atoms with Crippen LogP contribution in [-0.2, 0) is 4.74 Å². The monoisotopic (exact) mass is 482 g/mol. The molecular weight excluding hydrogens is 452 g/mol. The van der Waals surface area contributed by atoms with Crippen molar-refractivity contribution in [2.45, 2.75) is 52.8 Å². The molecule has 0 atom stereocenters. The summed E-state index contributed by atoms with van der Waals surface area (Å²) in [6.07, 6.45) is -5.62. The number of hydrogen-bond donors (Lipinski definition) is 2. The van der Waals surface area contributed by atoms with Gasteiger partial charge in [-0.1, -0.05) is 0 Å². The maximum atomic E-state index is 12.2. The van der Waals surface area contributed by atoms with Crippen molar-refractivity contribution in [3.63, 3.8) is 0 Å². The number of aliphatic imine (C=N–C) groups is 1. The Kier molecular flexibility index (Phi) is 13.1. The highest BCUT2D eigenvalue weighted by atomic mass is 127. The lowest BCUT2D eigenvalue weighted by Crippen LogP contribution is -2.44. The minimum atomic E-state index is -4.23. The van der Waals surface area contributed by atoms with Gasteiger partial charge in [0.15, 0.2) is 5.96 Å². The molecule has 0 aliphatic heterocycles. The predicted molar refractivity (Wildman–Crippen MR) is 104 cm³/mol. The van der Waals surface area contributed by atoms with Gasteiger partial charge >= 0.3 is 12.3 Å². The van der Waals surface area contributed by atoms with E-state index in [9.17, 15) is 18.0 Å². The number of hydrogen-bond acceptors (Lipinski definition) is 3. The first kappa shape index (κ1) is 26.3. The van der Waals surface area contributed by atoms with Crippen LogP contribution in [0.4, 0.5) is 18.0 Å². The first-order valence-electron chi connectivity index (χ1n) is 8.05. The van der Waals surface area contributed by atoms with Gasteiger partial charge < -0.3 is 20.3 Å². The number of ether oxygens (including phenoxy) is 1. The summed E-state index contributed by atoms with van der Waals surface area (Å²) in [5, 5.41) is 5.78. The number of nitrogens with one attached hydrogen (secondary N) is 2. The topological polar surface area (TPSA) is 66.0 Å².